The summed E-state index contributed by atoms with van der Waals surface area (Å²) in [7, 11) is 0. The Morgan fingerprint density at radius 1 is 1.47 bits per heavy atom. The molecule has 98 valence electrons. The molecule has 2 N–H and O–H groups in total. The van der Waals surface area contributed by atoms with Crippen molar-refractivity contribution in [3.8, 4) is 11.6 Å². The molecule has 1 aromatic heterocycles. The van der Waals surface area contributed by atoms with Crippen molar-refractivity contribution in [2.24, 2.45) is 0 Å². The lowest BCUT2D eigenvalue weighted by atomic mass is 10.3. The topological polar surface area (TPSA) is 104 Å². The number of nitro benzene ring substituents is 1. The second-order valence-corrected chi connectivity index (χ2v) is 3.76. The van der Waals surface area contributed by atoms with Gasteiger partial charge < -0.3 is 10.5 Å². The Labute approximate surface area is 111 Å². The Bertz CT molecular complexity index is 653. The van der Waals surface area contributed by atoms with Crippen LogP contribution in [0.3, 0.4) is 0 Å². The monoisotopic (exact) mass is 284 g/mol. The standard InChI is InChI=1S/C10H6ClFN4O3/c11-6-4-14-10(13)15-9(6)19-8-2-1-5(16(17)18)3-7(8)12/h1-4H,(H2,13,14,15). The highest BCUT2D eigenvalue weighted by molar-refractivity contribution is 6.31. The molecule has 2 rings (SSSR count). The van der Waals surface area contributed by atoms with Crippen LogP contribution in [-0.2, 0) is 0 Å². The Kier molecular flexibility index (Phi) is 3.43. The van der Waals surface area contributed by atoms with Crippen molar-refractivity contribution in [3.63, 3.8) is 0 Å². The third-order valence-electron chi connectivity index (χ3n) is 2.06. The van der Waals surface area contributed by atoms with Crippen LogP contribution in [0.2, 0.25) is 5.02 Å². The molecule has 0 spiro atoms. The van der Waals surface area contributed by atoms with Crippen LogP contribution in [0.1, 0.15) is 0 Å². The van der Waals surface area contributed by atoms with Crippen molar-refractivity contribution in [1.82, 2.24) is 9.97 Å². The Morgan fingerprint density at radius 3 is 2.84 bits per heavy atom. The van der Waals surface area contributed by atoms with Gasteiger partial charge in [0, 0.05) is 6.07 Å². The molecule has 1 aromatic carbocycles. The summed E-state index contributed by atoms with van der Waals surface area (Å²) >= 11 is 5.74. The minimum absolute atomic E-state index is 0.0342. The lowest BCUT2D eigenvalue weighted by Gasteiger charge is -2.07. The van der Waals surface area contributed by atoms with Crippen molar-refractivity contribution in [2.75, 3.05) is 5.73 Å². The number of nitrogens with zero attached hydrogens (tertiary/aromatic N) is 3. The maximum atomic E-state index is 13.6. The summed E-state index contributed by atoms with van der Waals surface area (Å²) in [4.78, 5) is 17.0. The Hall–Kier alpha value is -2.48. The average Bonchev–Trinajstić information content (AvgIpc) is 2.36. The smallest absolute Gasteiger partial charge is 0.272 e. The van der Waals surface area contributed by atoms with Gasteiger partial charge in [0.05, 0.1) is 17.2 Å². The molecule has 0 aliphatic heterocycles. The zero-order valence-electron chi connectivity index (χ0n) is 9.21. The van der Waals surface area contributed by atoms with Crippen molar-refractivity contribution < 1.29 is 14.1 Å². The average molecular weight is 285 g/mol. The van der Waals surface area contributed by atoms with E-state index in [9.17, 15) is 14.5 Å². The SMILES string of the molecule is Nc1ncc(Cl)c(Oc2ccc([N+](=O)[O-])cc2F)n1. The van der Waals surface area contributed by atoms with E-state index in [1.165, 1.54) is 6.20 Å². The van der Waals surface area contributed by atoms with Gasteiger partial charge in [-0.3, -0.25) is 10.1 Å². The largest absolute Gasteiger partial charge is 0.434 e. The summed E-state index contributed by atoms with van der Waals surface area (Å²) in [5.41, 5.74) is 4.95. The number of aromatic nitrogens is 2. The van der Waals surface area contributed by atoms with E-state index in [1.54, 1.807) is 0 Å². The molecule has 0 atom stereocenters. The number of nitrogens with two attached hydrogens (primary N) is 1. The van der Waals surface area contributed by atoms with E-state index in [1.807, 2.05) is 0 Å². The number of halogens is 2. The van der Waals surface area contributed by atoms with Crippen LogP contribution < -0.4 is 10.5 Å². The van der Waals surface area contributed by atoms with E-state index in [0.29, 0.717) is 0 Å². The maximum absolute atomic E-state index is 13.6. The van der Waals surface area contributed by atoms with Crippen LogP contribution in [0.5, 0.6) is 11.6 Å². The molecule has 0 unspecified atom stereocenters. The minimum Gasteiger partial charge on any atom is -0.434 e. The molecule has 0 radical (unpaired) electrons. The van der Waals surface area contributed by atoms with E-state index >= 15 is 0 Å². The molecule has 0 fully saturated rings. The quantitative estimate of drug-likeness (QED) is 0.686. The highest BCUT2D eigenvalue weighted by Crippen LogP contribution is 2.30. The molecule has 0 bridgehead atoms. The number of nitrogen functional groups attached to an aromatic ring is 1. The van der Waals surface area contributed by atoms with Crippen LogP contribution >= 0.6 is 11.6 Å². The van der Waals surface area contributed by atoms with Crippen LogP contribution in [0.15, 0.2) is 24.4 Å². The van der Waals surface area contributed by atoms with Gasteiger partial charge in [-0.1, -0.05) is 11.6 Å². The zero-order chi connectivity index (χ0) is 14.0. The summed E-state index contributed by atoms with van der Waals surface area (Å²) in [5, 5.41) is 10.5. The first-order valence-corrected chi connectivity index (χ1v) is 5.25. The number of ether oxygens (including phenoxy) is 1. The maximum Gasteiger partial charge on any atom is 0.272 e. The summed E-state index contributed by atoms with van der Waals surface area (Å²) in [6.45, 7) is 0. The fourth-order valence-corrected chi connectivity index (χ4v) is 1.36. The van der Waals surface area contributed by atoms with E-state index in [-0.39, 0.29) is 22.6 Å². The number of nitro groups is 1. The van der Waals surface area contributed by atoms with E-state index in [2.05, 4.69) is 9.97 Å². The molecule has 7 nitrogen and oxygen atoms in total. The van der Waals surface area contributed by atoms with Crippen molar-refractivity contribution in [3.05, 3.63) is 45.4 Å². The Balaban J connectivity index is 2.33. The van der Waals surface area contributed by atoms with Crippen molar-refractivity contribution in [2.45, 2.75) is 0 Å². The van der Waals surface area contributed by atoms with Crippen LogP contribution in [0.4, 0.5) is 16.0 Å². The summed E-state index contributed by atoms with van der Waals surface area (Å²) < 4.78 is 18.7. The summed E-state index contributed by atoms with van der Waals surface area (Å²) in [6.07, 6.45) is 1.20. The first-order chi connectivity index (χ1) is 8.97. The van der Waals surface area contributed by atoms with Gasteiger partial charge in [0.15, 0.2) is 11.6 Å². The van der Waals surface area contributed by atoms with Gasteiger partial charge in [0.2, 0.25) is 11.8 Å². The lowest BCUT2D eigenvalue weighted by molar-refractivity contribution is -0.385. The first kappa shape index (κ1) is 13.0. The molecule has 0 aliphatic rings. The first-order valence-electron chi connectivity index (χ1n) is 4.87. The molecule has 0 amide bonds. The fraction of sp³-hybridized carbons (Fsp3) is 0. The number of hydrogen-bond donors (Lipinski definition) is 1. The predicted octanol–water partition coefficient (Wildman–Crippen LogP) is 2.55. The number of hydrogen-bond acceptors (Lipinski definition) is 6. The van der Waals surface area contributed by atoms with Crippen molar-refractivity contribution >= 4 is 23.2 Å². The highest BCUT2D eigenvalue weighted by Gasteiger charge is 2.14. The van der Waals surface area contributed by atoms with Gasteiger partial charge in [-0.05, 0) is 6.07 Å². The van der Waals surface area contributed by atoms with E-state index in [0.717, 1.165) is 18.2 Å². The molecule has 0 saturated carbocycles. The summed E-state index contributed by atoms with van der Waals surface area (Å²) in [6, 6.07) is 2.92. The summed E-state index contributed by atoms with van der Waals surface area (Å²) in [5.74, 6) is -1.41. The van der Waals surface area contributed by atoms with Crippen LogP contribution in [0.25, 0.3) is 0 Å². The number of non-ortho nitro benzene ring substituents is 1. The van der Waals surface area contributed by atoms with E-state index < -0.39 is 16.4 Å². The third-order valence-corrected chi connectivity index (χ3v) is 2.32. The molecule has 2 aromatic rings. The van der Waals surface area contributed by atoms with Crippen molar-refractivity contribution in [1.29, 1.82) is 0 Å². The van der Waals surface area contributed by atoms with Crippen LogP contribution in [-0.4, -0.2) is 14.9 Å². The Morgan fingerprint density at radius 2 is 2.21 bits per heavy atom. The minimum atomic E-state index is -0.914. The number of rotatable bonds is 3. The molecule has 0 saturated heterocycles. The van der Waals surface area contributed by atoms with Gasteiger partial charge in [0.1, 0.15) is 5.02 Å². The normalized spacial score (nSPS) is 10.2. The second kappa shape index (κ2) is 5.02. The van der Waals surface area contributed by atoms with Gasteiger partial charge in [0.25, 0.3) is 5.69 Å². The zero-order valence-corrected chi connectivity index (χ0v) is 9.96. The molecule has 0 aliphatic carbocycles. The van der Waals surface area contributed by atoms with Gasteiger partial charge in [-0.15, -0.1) is 0 Å². The second-order valence-electron chi connectivity index (χ2n) is 3.36. The number of benzene rings is 1. The molecule has 1 heterocycles. The third kappa shape index (κ3) is 2.86. The fourth-order valence-electron chi connectivity index (χ4n) is 1.23. The predicted molar refractivity (Wildman–Crippen MR) is 64.6 cm³/mol. The lowest BCUT2D eigenvalue weighted by Crippen LogP contribution is -1.98. The molecular formula is C10H6ClFN4O3. The molecular weight excluding hydrogens is 279 g/mol. The molecule has 19 heavy (non-hydrogen) atoms. The number of anilines is 1. The molecule has 9 heteroatoms. The van der Waals surface area contributed by atoms with E-state index in [4.69, 9.17) is 22.1 Å². The highest BCUT2D eigenvalue weighted by atomic mass is 35.5. The van der Waals surface area contributed by atoms with Crippen LogP contribution in [0, 0.1) is 15.9 Å². The van der Waals surface area contributed by atoms with Gasteiger partial charge in [-0.2, -0.15) is 4.98 Å². The van der Waals surface area contributed by atoms with Gasteiger partial charge >= 0.3 is 0 Å². The van der Waals surface area contributed by atoms with Gasteiger partial charge in [-0.25, -0.2) is 9.37 Å².